The van der Waals surface area contributed by atoms with Gasteiger partial charge in [0.05, 0.1) is 4.92 Å². The van der Waals surface area contributed by atoms with E-state index in [1.54, 1.807) is 18.2 Å². The van der Waals surface area contributed by atoms with Crippen LogP contribution in [0.1, 0.15) is 43.2 Å². The molecule has 2 aromatic carbocycles. The van der Waals surface area contributed by atoms with Crippen molar-refractivity contribution in [3.63, 3.8) is 0 Å². The van der Waals surface area contributed by atoms with Crippen molar-refractivity contribution in [2.75, 3.05) is 13.6 Å². The number of rotatable bonds is 3. The number of nitrogens with zero attached hydrogens (tertiary/aromatic N) is 2. The predicted octanol–water partition coefficient (Wildman–Crippen LogP) is 5.08. The maximum absolute atomic E-state index is 11.3. The largest absolute Gasteiger partial charge is 0.450 e. The molecule has 1 heterocycles. The highest BCUT2D eigenvalue weighted by Crippen LogP contribution is 2.56. The van der Waals surface area contributed by atoms with Crippen molar-refractivity contribution in [1.82, 2.24) is 4.90 Å². The number of hydrogen-bond acceptors (Lipinski definition) is 4. The Balaban J connectivity index is 1.55. The molecule has 0 unspecified atom stereocenters. The zero-order valence-electron chi connectivity index (χ0n) is 16.3. The average molecular weight is 378 g/mol. The first-order chi connectivity index (χ1) is 13.6. The van der Waals surface area contributed by atoms with Crippen LogP contribution in [0.5, 0.6) is 11.5 Å². The standard InChI is InChI=1S/C23H26N2O3/c1-24-13-12-23-11-5-4-6-18(23)21(24)14-16-9-10-17(15-19(16)23)28-22-8-3-2-7-20(22)25(26)27/h2-3,7-10,15,18,21H,4-6,11-14H2,1H3/t18-,21+,23+/m0/s1. The number of benzene rings is 2. The molecule has 3 aliphatic rings. The lowest BCUT2D eigenvalue weighted by atomic mass is 9.52. The molecule has 2 bridgehead atoms. The van der Waals surface area contributed by atoms with E-state index in [1.807, 2.05) is 6.07 Å². The van der Waals surface area contributed by atoms with Crippen LogP contribution in [-0.2, 0) is 11.8 Å². The van der Waals surface area contributed by atoms with Crippen LogP contribution >= 0.6 is 0 Å². The Morgan fingerprint density at radius 2 is 2.04 bits per heavy atom. The fraction of sp³-hybridized carbons (Fsp3) is 0.478. The molecule has 28 heavy (non-hydrogen) atoms. The lowest BCUT2D eigenvalue weighted by molar-refractivity contribution is -0.385. The van der Waals surface area contributed by atoms with Gasteiger partial charge in [-0.1, -0.05) is 31.0 Å². The summed E-state index contributed by atoms with van der Waals surface area (Å²) in [4.78, 5) is 13.5. The topological polar surface area (TPSA) is 55.6 Å². The Bertz CT molecular complexity index is 928. The molecule has 146 valence electrons. The second-order valence-electron chi connectivity index (χ2n) is 8.66. The van der Waals surface area contributed by atoms with Gasteiger partial charge < -0.3 is 9.64 Å². The number of nitro benzene ring substituents is 1. The molecular weight excluding hydrogens is 352 g/mol. The summed E-state index contributed by atoms with van der Waals surface area (Å²) in [5, 5.41) is 11.3. The molecule has 0 spiro atoms. The average Bonchev–Trinajstić information content (AvgIpc) is 2.71. The van der Waals surface area contributed by atoms with Crippen molar-refractivity contribution >= 4 is 5.69 Å². The van der Waals surface area contributed by atoms with E-state index in [2.05, 4.69) is 24.1 Å². The molecular formula is C23H26N2O3. The second-order valence-corrected chi connectivity index (χ2v) is 8.66. The summed E-state index contributed by atoms with van der Waals surface area (Å²) in [6, 6.07) is 13.6. The second kappa shape index (κ2) is 6.59. The summed E-state index contributed by atoms with van der Waals surface area (Å²) in [7, 11) is 2.28. The number of fused-ring (bicyclic) bond motifs is 1. The number of ether oxygens (including phenoxy) is 1. The Hall–Kier alpha value is -2.40. The third kappa shape index (κ3) is 2.64. The van der Waals surface area contributed by atoms with E-state index in [0.29, 0.717) is 23.5 Å². The first kappa shape index (κ1) is 17.7. The first-order valence-electron chi connectivity index (χ1n) is 10.3. The van der Waals surface area contributed by atoms with Gasteiger partial charge in [0.25, 0.3) is 0 Å². The molecule has 2 fully saturated rings. The van der Waals surface area contributed by atoms with Crippen LogP contribution in [0.3, 0.4) is 0 Å². The normalized spacial score (nSPS) is 28.9. The monoisotopic (exact) mass is 378 g/mol. The molecule has 5 nitrogen and oxygen atoms in total. The molecule has 5 heteroatoms. The van der Waals surface area contributed by atoms with Gasteiger partial charge in [0.2, 0.25) is 5.75 Å². The molecule has 1 saturated carbocycles. The minimum absolute atomic E-state index is 0.00767. The molecule has 0 aromatic heterocycles. The van der Waals surface area contributed by atoms with Gasteiger partial charge in [-0.15, -0.1) is 0 Å². The van der Waals surface area contributed by atoms with Gasteiger partial charge in [0, 0.05) is 17.5 Å². The Morgan fingerprint density at radius 3 is 2.89 bits per heavy atom. The SMILES string of the molecule is CN1CC[C@]23CCCC[C@H]2[C@H]1Cc1ccc(Oc2ccccc2[N+](=O)[O-])cc13. The van der Waals surface area contributed by atoms with Gasteiger partial charge in [-0.25, -0.2) is 0 Å². The van der Waals surface area contributed by atoms with E-state index < -0.39 is 0 Å². The highest BCUT2D eigenvalue weighted by molar-refractivity contribution is 5.51. The fourth-order valence-corrected chi connectivity index (χ4v) is 6.06. The van der Waals surface area contributed by atoms with E-state index in [0.717, 1.165) is 13.0 Å². The van der Waals surface area contributed by atoms with Gasteiger partial charge in [-0.3, -0.25) is 10.1 Å². The summed E-state index contributed by atoms with van der Waals surface area (Å²) in [5.74, 6) is 1.74. The highest BCUT2D eigenvalue weighted by Gasteiger charge is 2.53. The number of likely N-dealkylation sites (tertiary alicyclic amines) is 1. The Morgan fingerprint density at radius 1 is 1.18 bits per heavy atom. The maximum Gasteiger partial charge on any atom is 0.311 e. The van der Waals surface area contributed by atoms with Gasteiger partial charge in [-0.2, -0.15) is 0 Å². The summed E-state index contributed by atoms with van der Waals surface area (Å²) >= 11 is 0. The predicted molar refractivity (Wildman–Crippen MR) is 108 cm³/mol. The third-order valence-electron chi connectivity index (χ3n) is 7.38. The molecule has 2 aliphatic carbocycles. The van der Waals surface area contributed by atoms with Gasteiger partial charge in [-0.05, 0) is 74.5 Å². The van der Waals surface area contributed by atoms with E-state index in [9.17, 15) is 10.1 Å². The number of hydrogen-bond donors (Lipinski definition) is 0. The van der Waals surface area contributed by atoms with Crippen LogP contribution in [0.2, 0.25) is 0 Å². The van der Waals surface area contributed by atoms with Crippen molar-refractivity contribution in [3.8, 4) is 11.5 Å². The van der Waals surface area contributed by atoms with Crippen molar-refractivity contribution in [2.24, 2.45) is 5.92 Å². The number of nitro groups is 1. The van der Waals surface area contributed by atoms with E-state index in [4.69, 9.17) is 4.74 Å². The van der Waals surface area contributed by atoms with Crippen LogP contribution in [0, 0.1) is 16.0 Å². The number of likely N-dealkylation sites (N-methyl/N-ethyl adjacent to an activating group) is 1. The Kier molecular flexibility index (Phi) is 4.16. The van der Waals surface area contributed by atoms with Crippen molar-refractivity contribution in [1.29, 1.82) is 0 Å². The minimum Gasteiger partial charge on any atom is -0.450 e. The van der Waals surface area contributed by atoms with E-state index in [-0.39, 0.29) is 16.0 Å². The Labute approximate surface area is 165 Å². The smallest absolute Gasteiger partial charge is 0.311 e. The van der Waals surface area contributed by atoms with Crippen molar-refractivity contribution in [3.05, 3.63) is 63.7 Å². The zero-order chi connectivity index (χ0) is 19.3. The zero-order valence-corrected chi connectivity index (χ0v) is 16.3. The van der Waals surface area contributed by atoms with Gasteiger partial charge in [0.1, 0.15) is 5.75 Å². The molecule has 1 saturated heterocycles. The summed E-state index contributed by atoms with van der Waals surface area (Å²) in [6.07, 6.45) is 7.49. The van der Waals surface area contributed by atoms with Gasteiger partial charge in [0.15, 0.2) is 0 Å². The lowest BCUT2D eigenvalue weighted by Gasteiger charge is -2.58. The van der Waals surface area contributed by atoms with Crippen LogP contribution in [0.15, 0.2) is 42.5 Å². The van der Waals surface area contributed by atoms with Crippen molar-refractivity contribution in [2.45, 2.75) is 50.0 Å². The van der Waals surface area contributed by atoms with Crippen molar-refractivity contribution < 1.29 is 9.66 Å². The van der Waals surface area contributed by atoms with Crippen LogP contribution in [0.4, 0.5) is 5.69 Å². The first-order valence-corrected chi connectivity index (χ1v) is 10.3. The molecule has 5 rings (SSSR count). The van der Waals surface area contributed by atoms with Crippen LogP contribution in [-0.4, -0.2) is 29.5 Å². The lowest BCUT2D eigenvalue weighted by Crippen LogP contribution is -2.59. The molecule has 3 atom stereocenters. The van der Waals surface area contributed by atoms with E-state index >= 15 is 0 Å². The van der Waals surface area contributed by atoms with E-state index in [1.165, 1.54) is 49.3 Å². The number of para-hydroxylation sites is 2. The van der Waals surface area contributed by atoms with Gasteiger partial charge >= 0.3 is 5.69 Å². The number of piperidine rings is 1. The molecule has 1 aliphatic heterocycles. The quantitative estimate of drug-likeness (QED) is 0.552. The van der Waals surface area contributed by atoms with Crippen LogP contribution < -0.4 is 4.74 Å². The maximum atomic E-state index is 11.3. The molecule has 0 amide bonds. The minimum atomic E-state index is -0.384. The molecule has 2 aromatic rings. The molecule has 0 radical (unpaired) electrons. The van der Waals surface area contributed by atoms with Crippen LogP contribution in [0.25, 0.3) is 0 Å². The third-order valence-corrected chi connectivity index (χ3v) is 7.38. The summed E-state index contributed by atoms with van der Waals surface area (Å²) in [6.45, 7) is 1.15. The summed E-state index contributed by atoms with van der Waals surface area (Å²) < 4.78 is 6.02. The highest BCUT2D eigenvalue weighted by atomic mass is 16.6. The fourth-order valence-electron chi connectivity index (χ4n) is 6.06. The molecule has 0 N–H and O–H groups in total. The summed E-state index contributed by atoms with van der Waals surface area (Å²) in [5.41, 5.74) is 3.14.